The fourth-order valence-corrected chi connectivity index (χ4v) is 4.65. The van der Waals surface area contributed by atoms with Gasteiger partial charge in [0.15, 0.2) is 0 Å². The van der Waals surface area contributed by atoms with Crippen LogP contribution in [0.1, 0.15) is 52.7 Å². The van der Waals surface area contributed by atoms with Crippen LogP contribution < -0.4 is 10.6 Å². The lowest BCUT2D eigenvalue weighted by atomic mass is 9.85. The standard InChI is InChI=1S/C25H38FN5O5/c1-24(2,3)19(27-22(35)28-25(4,5)6)20(32)29-10-11-31(18(14-29)21(33)34)23(36)30-12-15-8-7-9-17(26)16(15)13-30/h7-9,18-20,32H,10-14H2,1-6H3,(H,33,34)(H2,27,28,35)/t18-,19-,20?/m1/s1. The second-order valence-corrected chi connectivity index (χ2v) is 11.7. The molecule has 1 aromatic rings. The minimum absolute atomic E-state index is 0.0627. The highest BCUT2D eigenvalue weighted by Gasteiger charge is 2.43. The Bertz CT molecular complexity index is 1010. The van der Waals surface area contributed by atoms with Crippen LogP contribution in [0, 0.1) is 11.2 Å². The number of halogens is 1. The number of piperazine rings is 1. The van der Waals surface area contributed by atoms with Gasteiger partial charge in [-0.15, -0.1) is 0 Å². The second-order valence-electron chi connectivity index (χ2n) is 11.7. The van der Waals surface area contributed by atoms with E-state index < -0.39 is 47.3 Å². The number of benzene rings is 1. The number of amides is 4. The second kappa shape index (κ2) is 10.2. The number of carbonyl (C=O) groups is 3. The highest BCUT2D eigenvalue weighted by Crippen LogP contribution is 2.29. The molecule has 36 heavy (non-hydrogen) atoms. The minimum Gasteiger partial charge on any atom is -0.480 e. The summed E-state index contributed by atoms with van der Waals surface area (Å²) in [4.78, 5) is 42.3. The summed E-state index contributed by atoms with van der Waals surface area (Å²) < 4.78 is 14.2. The molecule has 3 rings (SSSR count). The van der Waals surface area contributed by atoms with Crippen molar-refractivity contribution in [2.45, 2.75) is 78.5 Å². The number of hydrogen-bond acceptors (Lipinski definition) is 5. The largest absolute Gasteiger partial charge is 0.480 e. The Labute approximate surface area is 211 Å². The van der Waals surface area contributed by atoms with E-state index in [0.717, 1.165) is 0 Å². The van der Waals surface area contributed by atoms with Crippen LogP contribution in [0.4, 0.5) is 14.0 Å². The summed E-state index contributed by atoms with van der Waals surface area (Å²) in [6, 6.07) is 1.83. The summed E-state index contributed by atoms with van der Waals surface area (Å²) in [6.45, 7) is 11.6. The Kier molecular flexibility index (Phi) is 7.85. The van der Waals surface area contributed by atoms with Gasteiger partial charge >= 0.3 is 18.0 Å². The first-order valence-electron chi connectivity index (χ1n) is 12.1. The predicted molar refractivity (Wildman–Crippen MR) is 131 cm³/mol. The van der Waals surface area contributed by atoms with Crippen LogP contribution in [0.2, 0.25) is 0 Å². The molecule has 200 valence electrons. The van der Waals surface area contributed by atoms with E-state index in [-0.39, 0.29) is 38.5 Å². The zero-order valence-corrected chi connectivity index (χ0v) is 21.8. The number of carbonyl (C=O) groups excluding carboxylic acids is 2. The van der Waals surface area contributed by atoms with Gasteiger partial charge in [0.05, 0.1) is 12.6 Å². The van der Waals surface area contributed by atoms with Gasteiger partial charge in [-0.2, -0.15) is 0 Å². The van der Waals surface area contributed by atoms with Gasteiger partial charge in [-0.3, -0.25) is 4.90 Å². The van der Waals surface area contributed by atoms with E-state index in [2.05, 4.69) is 10.6 Å². The topological polar surface area (TPSA) is 125 Å². The third-order valence-corrected chi connectivity index (χ3v) is 6.52. The maximum Gasteiger partial charge on any atom is 0.327 e. The molecule has 2 heterocycles. The third kappa shape index (κ3) is 6.25. The van der Waals surface area contributed by atoms with E-state index in [1.807, 2.05) is 41.5 Å². The van der Waals surface area contributed by atoms with Crippen LogP contribution in [-0.2, 0) is 17.9 Å². The number of aliphatic hydroxyl groups excluding tert-OH is 1. The van der Waals surface area contributed by atoms with Gasteiger partial charge in [0.1, 0.15) is 18.1 Å². The number of urea groups is 2. The van der Waals surface area contributed by atoms with E-state index in [1.54, 1.807) is 17.0 Å². The highest BCUT2D eigenvalue weighted by molar-refractivity contribution is 5.83. The summed E-state index contributed by atoms with van der Waals surface area (Å²) in [6.07, 6.45) is -1.18. The van der Waals surface area contributed by atoms with Crippen molar-refractivity contribution in [3.05, 3.63) is 35.1 Å². The van der Waals surface area contributed by atoms with Gasteiger partial charge in [-0.25, -0.2) is 18.8 Å². The van der Waals surface area contributed by atoms with Crippen molar-refractivity contribution < 1.29 is 29.0 Å². The van der Waals surface area contributed by atoms with Crippen LogP contribution in [0.3, 0.4) is 0 Å². The van der Waals surface area contributed by atoms with Gasteiger partial charge in [0, 0.05) is 37.3 Å². The SMILES string of the molecule is CC(C)(C)NC(=O)N[C@H](C(O)N1CCN(C(=O)N2Cc3cccc(F)c3C2)[C@@H](C(=O)O)C1)C(C)(C)C. The number of carboxylic acids is 1. The first kappa shape index (κ1) is 27.7. The molecule has 4 amide bonds. The first-order chi connectivity index (χ1) is 16.6. The number of nitrogens with one attached hydrogen (secondary N) is 2. The Morgan fingerprint density at radius 1 is 1.08 bits per heavy atom. The number of aliphatic carboxylic acids is 1. The summed E-state index contributed by atoms with van der Waals surface area (Å²) >= 11 is 0. The number of fused-ring (bicyclic) bond motifs is 1. The third-order valence-electron chi connectivity index (χ3n) is 6.52. The molecule has 1 aromatic carbocycles. The quantitative estimate of drug-likeness (QED) is 0.495. The molecule has 10 nitrogen and oxygen atoms in total. The fraction of sp³-hybridized carbons (Fsp3) is 0.640. The molecule has 0 saturated carbocycles. The Morgan fingerprint density at radius 2 is 1.75 bits per heavy atom. The van der Waals surface area contributed by atoms with E-state index in [9.17, 15) is 29.0 Å². The van der Waals surface area contributed by atoms with Crippen LogP contribution in [0.5, 0.6) is 0 Å². The van der Waals surface area contributed by atoms with Crippen molar-refractivity contribution in [3.8, 4) is 0 Å². The maximum atomic E-state index is 14.2. The van der Waals surface area contributed by atoms with Crippen LogP contribution in [-0.4, -0.2) is 86.4 Å². The number of aliphatic hydroxyl groups is 1. The molecule has 0 bridgehead atoms. The van der Waals surface area contributed by atoms with E-state index in [0.29, 0.717) is 11.1 Å². The van der Waals surface area contributed by atoms with Crippen molar-refractivity contribution in [2.75, 3.05) is 19.6 Å². The molecule has 11 heteroatoms. The molecule has 2 aliphatic rings. The first-order valence-corrected chi connectivity index (χ1v) is 12.1. The lowest BCUT2D eigenvalue weighted by Crippen LogP contribution is -2.66. The van der Waals surface area contributed by atoms with Gasteiger partial charge in [-0.1, -0.05) is 32.9 Å². The van der Waals surface area contributed by atoms with E-state index in [4.69, 9.17) is 0 Å². The summed E-state index contributed by atoms with van der Waals surface area (Å²) in [5.74, 6) is -1.59. The smallest absolute Gasteiger partial charge is 0.327 e. The summed E-state index contributed by atoms with van der Waals surface area (Å²) in [5, 5.41) is 26.8. The van der Waals surface area contributed by atoms with Gasteiger partial charge in [0.2, 0.25) is 0 Å². The Morgan fingerprint density at radius 3 is 2.31 bits per heavy atom. The zero-order valence-electron chi connectivity index (χ0n) is 21.8. The Hall–Kier alpha value is -2.92. The number of rotatable bonds is 4. The summed E-state index contributed by atoms with van der Waals surface area (Å²) in [7, 11) is 0. The average Bonchev–Trinajstić information content (AvgIpc) is 3.20. The van der Waals surface area contributed by atoms with Gasteiger partial charge < -0.3 is 30.6 Å². The molecule has 0 spiro atoms. The highest BCUT2D eigenvalue weighted by atomic mass is 19.1. The summed E-state index contributed by atoms with van der Waals surface area (Å²) in [5.41, 5.74) is 0.123. The lowest BCUT2D eigenvalue weighted by Gasteiger charge is -2.46. The molecular weight excluding hydrogens is 469 g/mol. The molecule has 2 aliphatic heterocycles. The normalized spacial score (nSPS) is 20.5. The minimum atomic E-state index is -1.21. The molecule has 0 aliphatic carbocycles. The molecular formula is C25H38FN5O5. The molecule has 3 atom stereocenters. The van der Waals surface area contributed by atoms with Crippen LogP contribution in [0.15, 0.2) is 18.2 Å². The number of hydrogen-bond donors (Lipinski definition) is 4. The zero-order chi connectivity index (χ0) is 27.0. The van der Waals surface area contributed by atoms with Crippen LogP contribution in [0.25, 0.3) is 0 Å². The van der Waals surface area contributed by atoms with E-state index >= 15 is 0 Å². The van der Waals surface area contributed by atoms with Gasteiger partial charge in [0.25, 0.3) is 0 Å². The van der Waals surface area contributed by atoms with Crippen LogP contribution >= 0.6 is 0 Å². The average molecular weight is 508 g/mol. The van der Waals surface area contributed by atoms with Crippen molar-refractivity contribution in [1.82, 2.24) is 25.3 Å². The number of nitrogens with zero attached hydrogens (tertiary/aromatic N) is 3. The molecule has 1 fully saturated rings. The molecule has 4 N–H and O–H groups in total. The molecule has 0 aromatic heterocycles. The van der Waals surface area contributed by atoms with Crippen molar-refractivity contribution in [3.63, 3.8) is 0 Å². The molecule has 0 radical (unpaired) electrons. The Balaban J connectivity index is 1.72. The van der Waals surface area contributed by atoms with Crippen molar-refractivity contribution >= 4 is 18.0 Å². The fourth-order valence-electron chi connectivity index (χ4n) is 4.65. The monoisotopic (exact) mass is 507 g/mol. The predicted octanol–water partition coefficient (Wildman–Crippen LogP) is 2.16. The lowest BCUT2D eigenvalue weighted by molar-refractivity contribution is -0.148. The van der Waals surface area contributed by atoms with Gasteiger partial charge in [-0.05, 0) is 37.8 Å². The molecule has 1 unspecified atom stereocenters. The van der Waals surface area contributed by atoms with E-state index in [1.165, 1.54) is 15.9 Å². The van der Waals surface area contributed by atoms with Crippen molar-refractivity contribution in [2.24, 2.45) is 5.41 Å². The maximum absolute atomic E-state index is 14.2. The molecule has 1 saturated heterocycles. The number of carboxylic acid groups (broad SMARTS) is 1. The van der Waals surface area contributed by atoms with Crippen molar-refractivity contribution in [1.29, 1.82) is 0 Å².